The molecule has 0 bridgehead atoms. The maximum atomic E-state index is 11.9. The lowest BCUT2D eigenvalue weighted by Crippen LogP contribution is -2.39. The van der Waals surface area contributed by atoms with E-state index in [-0.39, 0.29) is 123 Å². The van der Waals surface area contributed by atoms with Crippen LogP contribution in [-0.4, -0.2) is 253 Å². The lowest BCUT2D eigenvalue weighted by molar-refractivity contribution is -0.127. The van der Waals surface area contributed by atoms with Gasteiger partial charge in [0.1, 0.15) is 17.5 Å². The Labute approximate surface area is 829 Å². The Bertz CT molecular complexity index is 6210. The number of nitrogens with two attached hydrogens (primary N) is 5. The molecule has 18 N–H and O–H groups in total. The van der Waals surface area contributed by atoms with Gasteiger partial charge in [0, 0.05) is 132 Å². The molecule has 143 heavy (non-hydrogen) atoms. The van der Waals surface area contributed by atoms with Crippen molar-refractivity contribution < 1.29 is 47.9 Å². The van der Waals surface area contributed by atoms with Gasteiger partial charge in [-0.1, -0.05) is 63.2 Å². The minimum atomic E-state index is -0.721. The molecule has 10 aromatic rings. The van der Waals surface area contributed by atoms with E-state index in [4.69, 9.17) is 28.7 Å². The molecule has 0 saturated carbocycles. The van der Waals surface area contributed by atoms with Gasteiger partial charge in [-0.05, 0) is 255 Å². The van der Waals surface area contributed by atoms with Gasteiger partial charge in [-0.25, -0.2) is 29.9 Å². The average Bonchev–Trinajstić information content (AvgIpc) is 1.77. The number of anilines is 15. The quantitative estimate of drug-likeness (QED) is 0.0186. The van der Waals surface area contributed by atoms with Crippen LogP contribution in [0.4, 0.5) is 86.9 Å². The highest BCUT2D eigenvalue weighted by atomic mass is 16.2. The number of hydrogen-bond acceptors (Lipinski definition) is 32. The molecule has 6 atom stereocenters. The van der Waals surface area contributed by atoms with Crippen molar-refractivity contribution in [2.24, 2.45) is 28.7 Å². The third-order valence-electron chi connectivity index (χ3n) is 25.3. The van der Waals surface area contributed by atoms with Crippen molar-refractivity contribution in [1.82, 2.24) is 84.8 Å². The molecular weight excluding hydrogens is 1820 g/mol. The molecule has 0 radical (unpaired) electrons. The summed E-state index contributed by atoms with van der Waals surface area (Å²) in [6.07, 6.45) is 15.0. The van der Waals surface area contributed by atoms with E-state index < -0.39 is 29.5 Å². The number of rotatable bonds is 30. The molecule has 5 aromatic heterocycles. The van der Waals surface area contributed by atoms with Gasteiger partial charge in [-0.15, -0.1) is 20.4 Å². The predicted molar refractivity (Wildman–Crippen MR) is 553 cm³/mol. The lowest BCUT2D eigenvalue weighted by Gasteiger charge is -2.26. The number of carbonyl (C=O) groups is 10. The molecule has 748 valence electrons. The molecule has 0 aliphatic carbocycles. The van der Waals surface area contributed by atoms with Crippen LogP contribution >= 0.6 is 0 Å². The number of likely N-dealkylation sites (tertiary alicyclic amines) is 5. The SMILES string of the molecule is C=CC(=O)N1CC[C@@H](N(C)c2cnc(C(N)=O)c(Nc3ccc(C)c(C)c3)n2)C1.C=CC(=O)N1CC[C@@H](N(C)c2nnc(C(N)=O)c(Nc3ccc(C)c(C)c3)n2)C1.C=CC(=O)N1CC[C@@H](Nc2cnc(C(N)=O)c(Nc3ccc(C)c(C)c3)n2)C1.C=CC(=O)N1CC[C@@H](Nc2cnc(C(N)=O)c(Nc3ccc(C)c(C)c3)n2)[C@H]1C.C=CC(=O)N1CC[C@@H](Nc2nnc(C(N)=O)c(Nc3ccc(C)c(C)c3)n2)C1. The second-order valence-electron chi connectivity index (χ2n) is 35.2. The molecule has 10 amide bonds. The third kappa shape index (κ3) is 27.9. The Morgan fingerprint density at radius 3 is 1.03 bits per heavy atom. The molecule has 0 spiro atoms. The van der Waals surface area contributed by atoms with Crippen molar-refractivity contribution in [3.8, 4) is 0 Å². The van der Waals surface area contributed by atoms with Crippen molar-refractivity contribution in [3.05, 3.63) is 257 Å². The second-order valence-corrected chi connectivity index (χ2v) is 35.2. The summed E-state index contributed by atoms with van der Waals surface area (Å²) < 4.78 is 0. The van der Waals surface area contributed by atoms with Crippen LogP contribution in [0.15, 0.2) is 173 Å². The van der Waals surface area contributed by atoms with Gasteiger partial charge in [0.15, 0.2) is 57.6 Å². The van der Waals surface area contributed by atoms with E-state index in [2.05, 4.69) is 136 Å². The van der Waals surface area contributed by atoms with Crippen molar-refractivity contribution in [1.29, 1.82) is 0 Å². The van der Waals surface area contributed by atoms with Crippen LogP contribution < -0.4 is 81.0 Å². The summed E-state index contributed by atoms with van der Waals surface area (Å²) >= 11 is 0. The van der Waals surface area contributed by atoms with Gasteiger partial charge in [0.05, 0.1) is 24.6 Å². The number of benzene rings is 5. The minimum absolute atomic E-state index is 0.0143. The lowest BCUT2D eigenvalue weighted by atomic mass is 10.1. The Balaban J connectivity index is 0.000000171. The summed E-state index contributed by atoms with van der Waals surface area (Å²) in [7, 11) is 3.74. The molecular formula is C101H124N32O10. The van der Waals surface area contributed by atoms with Gasteiger partial charge in [0.25, 0.3) is 29.5 Å². The number of carbonyl (C=O) groups excluding carboxylic acids is 10. The van der Waals surface area contributed by atoms with E-state index in [1.54, 1.807) is 24.5 Å². The molecule has 5 aliphatic rings. The summed E-state index contributed by atoms with van der Waals surface area (Å²) in [6, 6.07) is 29.4. The molecule has 10 heterocycles. The summed E-state index contributed by atoms with van der Waals surface area (Å²) in [5.41, 5.74) is 42.7. The number of aryl methyl sites for hydroxylation is 10. The van der Waals surface area contributed by atoms with E-state index >= 15 is 0 Å². The van der Waals surface area contributed by atoms with Crippen LogP contribution in [0.1, 0.15) is 147 Å². The number of aromatic nitrogens is 12. The summed E-state index contributed by atoms with van der Waals surface area (Å²) in [4.78, 5) is 166. The van der Waals surface area contributed by atoms with Gasteiger partial charge < -0.3 is 106 Å². The zero-order valence-electron chi connectivity index (χ0n) is 82.6. The second kappa shape index (κ2) is 48.4. The highest BCUT2D eigenvalue weighted by Gasteiger charge is 2.36. The first-order valence-corrected chi connectivity index (χ1v) is 46.3. The van der Waals surface area contributed by atoms with E-state index in [0.29, 0.717) is 88.1 Å². The monoisotopic (exact) mass is 1950 g/mol. The molecule has 15 rings (SSSR count). The smallest absolute Gasteiger partial charge is 0.273 e. The topological polar surface area (TPSA) is 574 Å². The van der Waals surface area contributed by atoms with Gasteiger partial charge in [-0.2, -0.15) is 9.97 Å². The van der Waals surface area contributed by atoms with Crippen molar-refractivity contribution >= 4 is 146 Å². The first-order valence-electron chi connectivity index (χ1n) is 46.3. The highest BCUT2D eigenvalue weighted by molar-refractivity contribution is 6.00. The zero-order chi connectivity index (χ0) is 104. The number of hydrogen-bond donors (Lipinski definition) is 13. The first-order chi connectivity index (χ1) is 68.1. The summed E-state index contributed by atoms with van der Waals surface area (Å²) in [6.45, 7) is 45.2. The van der Waals surface area contributed by atoms with E-state index in [1.165, 1.54) is 65.7 Å². The van der Waals surface area contributed by atoms with E-state index in [0.717, 1.165) is 99.5 Å². The third-order valence-corrected chi connectivity index (χ3v) is 25.3. The summed E-state index contributed by atoms with van der Waals surface area (Å²) in [5, 5.41) is 41.3. The maximum absolute atomic E-state index is 11.9. The van der Waals surface area contributed by atoms with Crippen LogP contribution in [-0.2, 0) is 24.0 Å². The first kappa shape index (κ1) is 106. The van der Waals surface area contributed by atoms with Crippen LogP contribution in [0, 0.1) is 69.2 Å². The number of primary amides is 5. The molecule has 42 nitrogen and oxygen atoms in total. The van der Waals surface area contributed by atoms with Crippen molar-refractivity contribution in [2.45, 2.75) is 145 Å². The predicted octanol–water partition coefficient (Wildman–Crippen LogP) is 9.90. The molecule has 5 saturated heterocycles. The fourth-order valence-electron chi connectivity index (χ4n) is 16.1. The Morgan fingerprint density at radius 2 is 0.664 bits per heavy atom. The van der Waals surface area contributed by atoms with Gasteiger partial charge >= 0.3 is 0 Å². The fourth-order valence-corrected chi connectivity index (χ4v) is 16.1. The Morgan fingerprint density at radius 1 is 0.343 bits per heavy atom. The molecule has 5 aliphatic heterocycles. The summed E-state index contributed by atoms with van der Waals surface area (Å²) in [5.74, 6) is -0.286. The van der Waals surface area contributed by atoms with Crippen molar-refractivity contribution in [3.63, 3.8) is 0 Å². The van der Waals surface area contributed by atoms with E-state index in [1.807, 2.05) is 191 Å². The van der Waals surface area contributed by atoms with E-state index in [9.17, 15) is 47.9 Å². The maximum Gasteiger partial charge on any atom is 0.273 e. The zero-order valence-corrected chi connectivity index (χ0v) is 82.6. The molecule has 0 unspecified atom stereocenters. The average molecular weight is 1950 g/mol. The standard InChI is InChI=1S/2C21H26N6O2.C20H25N7O2.C20H24N6O2.C19H23N7O2/c1-5-18(28)27-9-8-16(12-27)26(4)17-11-23-19(20(22)29)21(25-17)24-15-7-6-13(2)14(3)10-15;1-5-18(28)27-9-8-16(14(27)4)25-17-11-23-19(20(22)29)21(26-17)24-15-7-6-12(2)13(3)10-15;1-5-16(28)27-9-8-15(11-27)26(4)20-23-19(17(18(21)29)24-25-20)22-14-7-6-12(2)13(3)10-14;1-4-17(27)26-8-7-15(11-26)23-16-10-22-18(19(21)28)20(25-16)24-14-6-5-12(2)13(3)9-14;1-4-15(27)26-8-7-14(10-26)22-19-23-18(16(17(20)28)24-25-19)21-13-6-5-11(2)12(3)9-13/h5-7,10-11,16H,1,8-9,12H2,2-4H3,(H2,22,29)(H,24,25);5-7,10-11,14,16H,1,8-9H2,2-4H3,(H2,22,29)(H2,24,25,26);5-7,10,15H,1,8-9,11H2,2-4H3,(H2,21,29)(H,22,23,25);4-6,9-10,15H,1,7-8,11H2,2-3H3,(H2,21,28)(H2,23,24,25);4-6,9,14H,1,7-8,10H2,2-3H3,(H2,20,28)(H2,21,22,23,25)/t16-;14-,16-;2*15-;14-/m11111/s1. The number of likely N-dealkylation sites (N-methyl/N-ethyl adjacent to an activating group) is 2. The molecule has 5 fully saturated rings. The Kier molecular flexibility index (Phi) is 35.9. The normalized spacial score (nSPS) is 16.4. The van der Waals surface area contributed by atoms with Crippen LogP contribution in [0.2, 0.25) is 0 Å². The molecule has 42 heteroatoms. The van der Waals surface area contributed by atoms with Gasteiger partial charge in [-0.3, -0.25) is 47.9 Å². The van der Waals surface area contributed by atoms with Crippen LogP contribution in [0.3, 0.4) is 0 Å². The number of nitrogens with one attached hydrogen (secondary N) is 8. The largest absolute Gasteiger partial charge is 0.364 e. The minimum Gasteiger partial charge on any atom is -0.364 e. The number of amides is 10. The van der Waals surface area contributed by atoms with Gasteiger partial charge in [0.2, 0.25) is 41.4 Å². The van der Waals surface area contributed by atoms with Crippen LogP contribution in [0.25, 0.3) is 0 Å². The van der Waals surface area contributed by atoms with Crippen molar-refractivity contribution in [2.75, 3.05) is 125 Å². The Hall–Kier alpha value is -17.2. The number of nitrogens with zero attached hydrogens (tertiary/aromatic N) is 19. The highest BCUT2D eigenvalue weighted by Crippen LogP contribution is 2.33. The molecule has 5 aromatic carbocycles. The van der Waals surface area contributed by atoms with Crippen LogP contribution in [0.5, 0.6) is 0 Å². The fraction of sp³-hybridized carbons (Fsp3) is 0.327.